The Morgan fingerprint density at radius 3 is 1.12 bits per heavy atom. The molecule has 0 rings (SSSR count). The van der Waals surface area contributed by atoms with Gasteiger partial charge < -0.3 is 14.9 Å². The van der Waals surface area contributed by atoms with E-state index >= 15 is 0 Å². The summed E-state index contributed by atoms with van der Waals surface area (Å²) in [4.78, 5) is 28.5. The fraction of sp³-hybridized carbons (Fsp3) is 0.895. The lowest BCUT2D eigenvalue weighted by Gasteiger charge is -2.28. The first-order chi connectivity index (χ1) is 11.5. The summed E-state index contributed by atoms with van der Waals surface area (Å²) < 4.78 is 0. The zero-order valence-corrected chi connectivity index (χ0v) is 16.2. The van der Waals surface area contributed by atoms with Crippen LogP contribution >= 0.6 is 0 Å². The van der Waals surface area contributed by atoms with E-state index in [9.17, 15) is 14.7 Å². The van der Waals surface area contributed by atoms with Gasteiger partial charge >= 0.3 is 0 Å². The van der Waals surface area contributed by atoms with Gasteiger partial charge in [-0.25, -0.2) is 0 Å². The van der Waals surface area contributed by atoms with E-state index in [1.54, 1.807) is 9.80 Å². The highest BCUT2D eigenvalue weighted by molar-refractivity contribution is 6.02. The number of carbonyl (C=O) groups is 2. The Hall–Kier alpha value is -1.10. The van der Waals surface area contributed by atoms with Gasteiger partial charge in [0.05, 0.1) is 0 Å². The van der Waals surface area contributed by atoms with Crippen LogP contribution in [0.3, 0.4) is 0 Å². The van der Waals surface area contributed by atoms with E-state index in [1.807, 2.05) is 0 Å². The number of rotatable bonds is 14. The predicted octanol–water partition coefficient (Wildman–Crippen LogP) is 3.20. The molecule has 0 aliphatic carbocycles. The van der Waals surface area contributed by atoms with E-state index in [2.05, 4.69) is 27.7 Å². The van der Waals surface area contributed by atoms with Crippen LogP contribution < -0.4 is 0 Å². The smallest absolute Gasteiger partial charge is 0.261 e. The van der Waals surface area contributed by atoms with E-state index in [0.717, 1.165) is 51.4 Å². The van der Waals surface area contributed by atoms with Crippen LogP contribution in [0.1, 0.15) is 79.1 Å². The molecule has 0 aromatic rings. The maximum Gasteiger partial charge on any atom is 0.261 e. The molecule has 0 aliphatic rings. The van der Waals surface area contributed by atoms with Crippen molar-refractivity contribution in [2.24, 2.45) is 0 Å². The van der Waals surface area contributed by atoms with Crippen LogP contribution in [-0.4, -0.2) is 59.0 Å². The zero-order chi connectivity index (χ0) is 18.4. The second-order valence-corrected chi connectivity index (χ2v) is 6.47. The molecule has 5 heteroatoms. The lowest BCUT2D eigenvalue weighted by atomic mass is 10.2. The molecule has 1 N–H and O–H groups in total. The summed E-state index contributed by atoms with van der Waals surface area (Å²) in [6.45, 7) is 10.7. The molecule has 0 atom stereocenters. The van der Waals surface area contributed by atoms with Gasteiger partial charge in [-0.15, -0.1) is 0 Å². The highest BCUT2D eigenvalue weighted by atomic mass is 16.3. The molecule has 0 bridgehead atoms. The fourth-order valence-corrected chi connectivity index (χ4v) is 2.51. The molecule has 0 spiro atoms. The van der Waals surface area contributed by atoms with E-state index in [4.69, 9.17) is 0 Å². The van der Waals surface area contributed by atoms with E-state index in [0.29, 0.717) is 26.2 Å². The average molecular weight is 343 g/mol. The van der Waals surface area contributed by atoms with E-state index in [1.165, 1.54) is 0 Å². The first-order valence-corrected chi connectivity index (χ1v) is 9.78. The lowest BCUT2D eigenvalue weighted by Crippen LogP contribution is -2.50. The minimum absolute atomic E-state index is 0.431. The second-order valence-electron chi connectivity index (χ2n) is 6.47. The summed E-state index contributed by atoms with van der Waals surface area (Å²) in [5.41, 5.74) is 0. The van der Waals surface area contributed by atoms with Crippen molar-refractivity contribution in [2.75, 3.05) is 26.2 Å². The van der Waals surface area contributed by atoms with Crippen molar-refractivity contribution < 1.29 is 14.7 Å². The van der Waals surface area contributed by atoms with Crippen molar-refractivity contribution in [3.63, 3.8) is 0 Å². The van der Waals surface area contributed by atoms with Crippen LogP contribution in [-0.2, 0) is 9.59 Å². The van der Waals surface area contributed by atoms with Crippen LogP contribution in [0.4, 0.5) is 0 Å². The molecule has 0 unspecified atom stereocenters. The molecule has 2 amide bonds. The Kier molecular flexibility index (Phi) is 13.6. The molecule has 0 aromatic heterocycles. The van der Waals surface area contributed by atoms with Crippen molar-refractivity contribution in [2.45, 2.75) is 85.2 Å². The van der Waals surface area contributed by atoms with Gasteiger partial charge in [0.2, 0.25) is 6.10 Å². The minimum Gasteiger partial charge on any atom is -0.375 e. The summed E-state index contributed by atoms with van der Waals surface area (Å²) in [7, 11) is 0. The SMILES string of the molecule is CCCCN(CCCC)C(=O)C(O)C(=O)N(CCCC)CCCC. The Balaban J connectivity index is 4.88. The Morgan fingerprint density at radius 1 is 0.667 bits per heavy atom. The van der Waals surface area contributed by atoms with Crippen LogP contribution in [0.15, 0.2) is 0 Å². The first kappa shape index (κ1) is 22.9. The van der Waals surface area contributed by atoms with Gasteiger partial charge in [0, 0.05) is 26.2 Å². The number of hydrogen-bond acceptors (Lipinski definition) is 3. The number of amides is 2. The number of nitrogens with zero attached hydrogens (tertiary/aromatic N) is 2. The number of unbranched alkanes of at least 4 members (excludes halogenated alkanes) is 4. The molecule has 24 heavy (non-hydrogen) atoms. The van der Waals surface area contributed by atoms with Gasteiger partial charge in [-0.2, -0.15) is 0 Å². The van der Waals surface area contributed by atoms with Crippen LogP contribution in [0.5, 0.6) is 0 Å². The maximum atomic E-state index is 12.6. The monoisotopic (exact) mass is 342 g/mol. The molecular weight excluding hydrogens is 304 g/mol. The maximum absolute atomic E-state index is 12.6. The molecule has 0 saturated heterocycles. The highest BCUT2D eigenvalue weighted by Crippen LogP contribution is 2.08. The molecule has 0 fully saturated rings. The number of aliphatic hydroxyl groups excluding tert-OH is 1. The van der Waals surface area contributed by atoms with Crippen LogP contribution in [0.25, 0.3) is 0 Å². The van der Waals surface area contributed by atoms with Gasteiger partial charge in [0.25, 0.3) is 11.8 Å². The highest BCUT2D eigenvalue weighted by Gasteiger charge is 2.31. The van der Waals surface area contributed by atoms with E-state index in [-0.39, 0.29) is 0 Å². The standard InChI is InChI=1S/C19H38N2O3/c1-5-9-13-20(14-10-6-2)18(23)17(22)19(24)21(15-11-7-3)16-12-8-4/h17,22H,5-16H2,1-4H3. The first-order valence-electron chi connectivity index (χ1n) is 9.78. The zero-order valence-electron chi connectivity index (χ0n) is 16.2. The Morgan fingerprint density at radius 2 is 0.917 bits per heavy atom. The second kappa shape index (κ2) is 14.3. The third-order valence-corrected chi connectivity index (χ3v) is 4.22. The Labute approximate surface area is 148 Å². The summed E-state index contributed by atoms with van der Waals surface area (Å²) in [6.07, 6.45) is 5.97. The number of hydrogen-bond donors (Lipinski definition) is 1. The van der Waals surface area contributed by atoms with Crippen molar-refractivity contribution in [1.29, 1.82) is 0 Å². The summed E-state index contributed by atoms with van der Waals surface area (Å²) in [5.74, 6) is -0.861. The van der Waals surface area contributed by atoms with Crippen molar-refractivity contribution in [3.05, 3.63) is 0 Å². The molecular formula is C19H38N2O3. The molecule has 5 nitrogen and oxygen atoms in total. The number of aliphatic hydroxyl groups is 1. The van der Waals surface area contributed by atoms with Crippen molar-refractivity contribution in [3.8, 4) is 0 Å². The van der Waals surface area contributed by atoms with Gasteiger partial charge in [-0.3, -0.25) is 9.59 Å². The van der Waals surface area contributed by atoms with Crippen LogP contribution in [0.2, 0.25) is 0 Å². The molecule has 142 valence electrons. The fourth-order valence-electron chi connectivity index (χ4n) is 2.51. The number of carbonyl (C=O) groups excluding carboxylic acids is 2. The summed E-state index contributed by atoms with van der Waals surface area (Å²) >= 11 is 0. The van der Waals surface area contributed by atoms with Crippen molar-refractivity contribution >= 4 is 11.8 Å². The van der Waals surface area contributed by atoms with E-state index < -0.39 is 17.9 Å². The molecule has 0 heterocycles. The summed E-state index contributed by atoms with van der Waals surface area (Å²) in [5, 5.41) is 10.3. The quantitative estimate of drug-likeness (QED) is 0.493. The topological polar surface area (TPSA) is 60.9 Å². The molecule has 0 saturated carbocycles. The molecule has 0 aromatic carbocycles. The lowest BCUT2D eigenvalue weighted by molar-refractivity contribution is -0.153. The van der Waals surface area contributed by atoms with Gasteiger partial charge in [0.15, 0.2) is 0 Å². The summed E-state index contributed by atoms with van der Waals surface area (Å²) in [6, 6.07) is 0. The van der Waals surface area contributed by atoms with Crippen molar-refractivity contribution in [1.82, 2.24) is 9.80 Å². The Bertz CT molecular complexity index is 300. The molecule has 0 aliphatic heterocycles. The largest absolute Gasteiger partial charge is 0.375 e. The van der Waals surface area contributed by atoms with Gasteiger partial charge in [-0.05, 0) is 25.7 Å². The third kappa shape index (κ3) is 8.67. The average Bonchev–Trinajstić information content (AvgIpc) is 2.60. The van der Waals surface area contributed by atoms with Gasteiger partial charge in [-0.1, -0.05) is 53.4 Å². The normalized spacial score (nSPS) is 10.9. The third-order valence-electron chi connectivity index (χ3n) is 4.22. The molecule has 0 radical (unpaired) electrons. The predicted molar refractivity (Wildman–Crippen MR) is 98.8 cm³/mol. The van der Waals surface area contributed by atoms with Crippen LogP contribution in [0, 0.1) is 0 Å². The minimum atomic E-state index is -1.55. The van der Waals surface area contributed by atoms with Gasteiger partial charge in [0.1, 0.15) is 0 Å².